The maximum atomic E-state index is 12.1. The van der Waals surface area contributed by atoms with Gasteiger partial charge in [-0.3, -0.25) is 9.05 Å². The van der Waals surface area contributed by atoms with Crippen LogP contribution in [0.1, 0.15) is 135 Å². The van der Waals surface area contributed by atoms with Crippen LogP contribution in [0.4, 0.5) is 0 Å². The Balaban J connectivity index is 3.53. The second-order valence-electron chi connectivity index (χ2n) is 12.0. The molecule has 0 aliphatic rings. The Bertz CT molecular complexity index is 543. The minimum atomic E-state index is -4.18. The predicted molar refractivity (Wildman–Crippen MR) is 159 cm³/mol. The summed E-state index contributed by atoms with van der Waals surface area (Å²) in [4.78, 5) is 9.92. The van der Waals surface area contributed by atoms with Gasteiger partial charge in [0.05, 0.1) is 47.5 Å². The molecule has 2 N–H and O–H groups in total. The lowest BCUT2D eigenvalue weighted by Crippen LogP contribution is -2.35. The maximum absolute atomic E-state index is 12.1. The van der Waals surface area contributed by atoms with Crippen LogP contribution in [-0.4, -0.2) is 74.7 Å². The minimum Gasteiger partial charge on any atom is -0.394 e. The summed E-state index contributed by atoms with van der Waals surface area (Å²) in [7, 11) is 2.33. The number of phosphoric ester groups is 1. The van der Waals surface area contributed by atoms with Crippen molar-refractivity contribution in [3.8, 4) is 0 Å². The third-order valence-corrected chi connectivity index (χ3v) is 7.98. The first kappa shape index (κ1) is 38.0. The summed E-state index contributed by atoms with van der Waals surface area (Å²) < 4.78 is 28.8. The normalized spacial score (nSPS) is 14.6. The number of aliphatic hydroxyl groups is 1. The van der Waals surface area contributed by atoms with Gasteiger partial charge in [-0.05, 0) is 25.7 Å². The number of aliphatic hydroxyl groups excluding tert-OH is 1. The van der Waals surface area contributed by atoms with Gasteiger partial charge in [-0.1, -0.05) is 110 Å². The van der Waals surface area contributed by atoms with Crippen molar-refractivity contribution in [3.63, 3.8) is 0 Å². The third-order valence-electron chi connectivity index (χ3n) is 6.91. The fourth-order valence-electron chi connectivity index (χ4n) is 4.52. The van der Waals surface area contributed by atoms with E-state index in [2.05, 4.69) is 28.1 Å². The lowest BCUT2D eigenvalue weighted by atomic mass is 10.0. The van der Waals surface area contributed by atoms with E-state index in [1.807, 2.05) is 0 Å². The van der Waals surface area contributed by atoms with Gasteiger partial charge in [0.1, 0.15) is 6.10 Å². The Morgan fingerprint density at radius 2 is 1.08 bits per heavy atom. The second-order valence-corrected chi connectivity index (χ2v) is 13.4. The molecule has 0 saturated heterocycles. The number of rotatable bonds is 30. The highest BCUT2D eigenvalue weighted by atomic mass is 31.2. The van der Waals surface area contributed by atoms with Crippen LogP contribution in [0.2, 0.25) is 0 Å². The van der Waals surface area contributed by atoms with Gasteiger partial charge >= 0.3 is 7.82 Å². The Labute approximate surface area is 236 Å². The maximum Gasteiger partial charge on any atom is 0.472 e. The molecule has 38 heavy (non-hydrogen) atoms. The quantitative estimate of drug-likeness (QED) is 0.0520. The van der Waals surface area contributed by atoms with E-state index in [4.69, 9.17) is 13.8 Å². The summed E-state index contributed by atoms with van der Waals surface area (Å²) in [5, 5.41) is 9.47. The molecule has 0 fully saturated rings. The summed E-state index contributed by atoms with van der Waals surface area (Å²) in [6, 6.07) is 0. The van der Waals surface area contributed by atoms with Crippen molar-refractivity contribution in [1.82, 2.24) is 0 Å². The highest BCUT2D eigenvalue weighted by molar-refractivity contribution is 7.47. The lowest BCUT2D eigenvalue weighted by Gasteiger charge is -2.23. The molecule has 0 aromatic rings. The molecular weight excluding hydrogens is 501 g/mol. The van der Waals surface area contributed by atoms with Crippen molar-refractivity contribution in [3.05, 3.63) is 0 Å². The standard InChI is InChI=1S/C30H64NO6P/c1-5-6-7-8-9-10-11-12-13-14-15-16-17-18-20-23-26-35-29-30(28-32)37-38(33,34)36-27-24-21-19-22-25-31(2,3)4/h30,32H,5-29H2,1-4H3/p+1/t30-/m0/s1. The highest BCUT2D eigenvalue weighted by Gasteiger charge is 2.26. The molecule has 0 aromatic heterocycles. The van der Waals surface area contributed by atoms with E-state index in [-0.39, 0.29) is 19.8 Å². The Morgan fingerprint density at radius 3 is 1.53 bits per heavy atom. The molecule has 0 rings (SSSR count). The Hall–Kier alpha value is -0.0100. The van der Waals surface area contributed by atoms with Gasteiger partial charge in [0, 0.05) is 6.61 Å². The first-order valence-electron chi connectivity index (χ1n) is 15.8. The molecule has 0 aromatic carbocycles. The second kappa shape index (κ2) is 25.9. The average Bonchev–Trinajstić information content (AvgIpc) is 2.86. The average molecular weight is 567 g/mol. The highest BCUT2D eigenvalue weighted by Crippen LogP contribution is 2.44. The molecule has 0 bridgehead atoms. The summed E-state index contributed by atoms with van der Waals surface area (Å²) in [6.07, 6.45) is 24.2. The van der Waals surface area contributed by atoms with Crippen LogP contribution in [-0.2, 0) is 18.3 Å². The summed E-state index contributed by atoms with van der Waals surface area (Å²) >= 11 is 0. The van der Waals surface area contributed by atoms with E-state index in [9.17, 15) is 14.6 Å². The van der Waals surface area contributed by atoms with Crippen molar-refractivity contribution in [1.29, 1.82) is 0 Å². The van der Waals surface area contributed by atoms with Crippen LogP contribution < -0.4 is 0 Å². The van der Waals surface area contributed by atoms with Gasteiger partial charge in [-0.15, -0.1) is 0 Å². The molecule has 0 spiro atoms. The monoisotopic (exact) mass is 566 g/mol. The SMILES string of the molecule is CCCCCCCCCCCCCCCCCCOC[C@H](CO)OP(=O)(O)OCCCCCC[N+](C)(C)C. The number of hydrogen-bond donors (Lipinski definition) is 2. The van der Waals surface area contributed by atoms with E-state index >= 15 is 0 Å². The van der Waals surface area contributed by atoms with Crippen LogP contribution in [0.25, 0.3) is 0 Å². The van der Waals surface area contributed by atoms with E-state index in [1.165, 1.54) is 89.9 Å². The molecule has 1 unspecified atom stereocenters. The molecule has 0 amide bonds. The molecular formula is C30H65NO6P+. The van der Waals surface area contributed by atoms with Crippen molar-refractivity contribution in [2.24, 2.45) is 0 Å². The van der Waals surface area contributed by atoms with Gasteiger partial charge in [0.2, 0.25) is 0 Å². The van der Waals surface area contributed by atoms with Crippen LogP contribution >= 0.6 is 7.82 Å². The molecule has 0 saturated carbocycles. The molecule has 8 heteroatoms. The van der Waals surface area contributed by atoms with Gasteiger partial charge < -0.3 is 19.2 Å². The summed E-state index contributed by atoms with van der Waals surface area (Å²) in [6.45, 7) is 3.85. The van der Waals surface area contributed by atoms with E-state index in [0.29, 0.717) is 13.0 Å². The molecule has 0 radical (unpaired) electrons. The molecule has 7 nitrogen and oxygen atoms in total. The number of ether oxygens (including phenoxy) is 1. The van der Waals surface area contributed by atoms with Gasteiger partial charge in [0.25, 0.3) is 0 Å². The number of quaternary nitrogens is 1. The number of hydrogen-bond acceptors (Lipinski definition) is 5. The zero-order valence-electron chi connectivity index (χ0n) is 25.7. The lowest BCUT2D eigenvalue weighted by molar-refractivity contribution is -0.870. The number of unbranched alkanes of at least 4 members (excludes halogenated alkanes) is 18. The van der Waals surface area contributed by atoms with E-state index < -0.39 is 13.9 Å². The van der Waals surface area contributed by atoms with Crippen LogP contribution in [0.15, 0.2) is 0 Å². The Morgan fingerprint density at radius 1 is 0.658 bits per heavy atom. The Kier molecular flexibility index (Phi) is 25.9. The molecule has 0 aliphatic heterocycles. The van der Waals surface area contributed by atoms with Gasteiger partial charge in [-0.25, -0.2) is 4.57 Å². The van der Waals surface area contributed by atoms with E-state index in [0.717, 1.165) is 43.1 Å². The summed E-state index contributed by atoms with van der Waals surface area (Å²) in [5.74, 6) is 0. The van der Waals surface area contributed by atoms with Crippen LogP contribution in [0, 0.1) is 0 Å². The number of nitrogens with zero attached hydrogens (tertiary/aromatic N) is 1. The minimum absolute atomic E-state index is 0.0915. The molecule has 0 aliphatic carbocycles. The molecule has 0 heterocycles. The fraction of sp³-hybridized carbons (Fsp3) is 1.00. The van der Waals surface area contributed by atoms with Crippen molar-refractivity contribution in [2.45, 2.75) is 141 Å². The van der Waals surface area contributed by atoms with Gasteiger partial charge in [0.15, 0.2) is 0 Å². The predicted octanol–water partition coefficient (Wildman–Crippen LogP) is 8.03. The fourth-order valence-corrected chi connectivity index (χ4v) is 5.45. The van der Waals surface area contributed by atoms with E-state index in [1.54, 1.807) is 0 Å². The van der Waals surface area contributed by atoms with Crippen molar-refractivity contribution in [2.75, 3.05) is 54.1 Å². The third kappa shape index (κ3) is 29.0. The topological polar surface area (TPSA) is 85.2 Å². The van der Waals surface area contributed by atoms with Crippen molar-refractivity contribution >= 4 is 7.82 Å². The largest absolute Gasteiger partial charge is 0.472 e. The number of phosphoric acid groups is 1. The van der Waals surface area contributed by atoms with Gasteiger partial charge in [-0.2, -0.15) is 0 Å². The molecule has 2 atom stereocenters. The summed E-state index contributed by atoms with van der Waals surface area (Å²) in [5.41, 5.74) is 0. The van der Waals surface area contributed by atoms with Crippen molar-refractivity contribution < 1.29 is 32.8 Å². The molecule has 230 valence electrons. The first-order valence-corrected chi connectivity index (χ1v) is 17.3. The zero-order chi connectivity index (χ0) is 28.4. The van der Waals surface area contributed by atoms with Crippen LogP contribution in [0.5, 0.6) is 0 Å². The zero-order valence-corrected chi connectivity index (χ0v) is 26.6. The first-order chi connectivity index (χ1) is 18.2. The van der Waals surface area contributed by atoms with Crippen LogP contribution in [0.3, 0.4) is 0 Å². The smallest absolute Gasteiger partial charge is 0.394 e.